The van der Waals surface area contributed by atoms with Gasteiger partial charge >= 0.3 is 5.97 Å². The Hall–Kier alpha value is -3.66. The number of ether oxygens (including phenoxy) is 1. The van der Waals surface area contributed by atoms with Gasteiger partial charge in [-0.1, -0.05) is 63.2 Å². The van der Waals surface area contributed by atoms with Crippen molar-refractivity contribution in [3.05, 3.63) is 106 Å². The van der Waals surface area contributed by atoms with Crippen molar-refractivity contribution >= 4 is 17.3 Å². The Kier molecular flexibility index (Phi) is 7.72. The average Bonchev–Trinajstić information content (AvgIpc) is 3.60. The number of aliphatic carboxylic acids is 1. The van der Waals surface area contributed by atoms with Crippen LogP contribution < -0.4 is 4.74 Å². The number of methoxy groups -OCH3 is 1. The van der Waals surface area contributed by atoms with Crippen LogP contribution in [0.15, 0.2) is 78.7 Å². The molecule has 0 bridgehead atoms. The minimum atomic E-state index is -1.46. The number of carboxylic acids is 1. The molecule has 1 unspecified atom stereocenters. The summed E-state index contributed by atoms with van der Waals surface area (Å²) in [6, 6.07) is 14.6. The Bertz CT molecular complexity index is 1440. The maximum absolute atomic E-state index is 13.4. The number of benzene rings is 2. The van der Waals surface area contributed by atoms with Crippen LogP contribution in [-0.4, -0.2) is 48.7 Å². The van der Waals surface area contributed by atoms with Gasteiger partial charge in [-0.3, -0.25) is 14.8 Å². The molecule has 40 heavy (non-hydrogen) atoms. The number of likely N-dealkylation sites (tertiary alicyclic amines) is 1. The summed E-state index contributed by atoms with van der Waals surface area (Å²) >= 11 is 1.44. The second-order valence-electron chi connectivity index (χ2n) is 11.2. The van der Waals surface area contributed by atoms with E-state index in [1.54, 1.807) is 36.8 Å². The standard InChI is InChI=1S/C31H34N4O4S/c1-30(2,3)23-11-10-21(16-25(23)39-4)28(36)35-26(27-34-14-15-40-27)22(24-19-32-12-13-33-24)18-31(35,29(37)38)17-20-8-6-5-7-9-20/h5-16,19,22,26,28,36H,17-18H2,1-4H3,(H,37,38)/t22-,26-,28?,31+/m1/s1. The van der Waals surface area contributed by atoms with Gasteiger partial charge in [-0.15, -0.1) is 11.3 Å². The normalized spacial score (nSPS) is 22.2. The first kappa shape index (κ1) is 27.9. The first-order valence-electron chi connectivity index (χ1n) is 13.2. The zero-order valence-electron chi connectivity index (χ0n) is 23.1. The summed E-state index contributed by atoms with van der Waals surface area (Å²) in [5, 5.41) is 25.8. The minimum Gasteiger partial charge on any atom is -0.496 e. The lowest BCUT2D eigenvalue weighted by Gasteiger charge is -2.41. The lowest BCUT2D eigenvalue weighted by atomic mass is 9.83. The van der Waals surface area contributed by atoms with Gasteiger partial charge in [0.1, 0.15) is 22.5 Å². The molecule has 0 saturated carbocycles. The minimum absolute atomic E-state index is 0.179. The number of aliphatic hydroxyl groups is 1. The van der Waals surface area contributed by atoms with Gasteiger partial charge in [0.25, 0.3) is 0 Å². The number of thiazole rings is 1. The van der Waals surface area contributed by atoms with Gasteiger partial charge in [0.2, 0.25) is 0 Å². The molecule has 1 aliphatic heterocycles. The van der Waals surface area contributed by atoms with Crippen molar-refractivity contribution < 1.29 is 19.7 Å². The zero-order chi connectivity index (χ0) is 28.5. The number of rotatable bonds is 8. The largest absolute Gasteiger partial charge is 0.496 e. The highest BCUT2D eigenvalue weighted by Crippen LogP contribution is 2.56. The molecule has 9 heteroatoms. The van der Waals surface area contributed by atoms with Crippen molar-refractivity contribution in [2.24, 2.45) is 0 Å². The Morgan fingerprint density at radius 2 is 1.93 bits per heavy atom. The molecule has 0 amide bonds. The predicted molar refractivity (Wildman–Crippen MR) is 153 cm³/mol. The summed E-state index contributed by atoms with van der Waals surface area (Å²) in [5.41, 5.74) is 1.42. The molecule has 208 valence electrons. The monoisotopic (exact) mass is 558 g/mol. The van der Waals surface area contributed by atoms with E-state index in [0.717, 1.165) is 11.1 Å². The molecule has 2 aromatic carbocycles. The molecule has 1 aliphatic rings. The van der Waals surface area contributed by atoms with Crippen LogP contribution in [-0.2, 0) is 16.6 Å². The fraction of sp³-hybridized carbons (Fsp3) is 0.355. The molecule has 4 aromatic rings. The lowest BCUT2D eigenvalue weighted by molar-refractivity contribution is -0.161. The molecule has 5 rings (SSSR count). The SMILES string of the molecule is COc1cc(C(O)N2[C@@H](c3nccs3)[C@@H](c3cnccn3)C[C@@]2(Cc2ccccc2)C(=O)O)ccc1C(C)(C)C. The van der Waals surface area contributed by atoms with E-state index in [0.29, 0.717) is 22.0 Å². The second-order valence-corrected chi connectivity index (χ2v) is 12.2. The van der Waals surface area contributed by atoms with E-state index in [2.05, 4.69) is 35.7 Å². The van der Waals surface area contributed by atoms with Crippen LogP contribution in [0.5, 0.6) is 5.75 Å². The Morgan fingerprint density at radius 1 is 1.15 bits per heavy atom. The molecular weight excluding hydrogens is 524 g/mol. The quantitative estimate of drug-likeness (QED) is 0.291. The topological polar surface area (TPSA) is 109 Å². The molecule has 4 atom stereocenters. The third-order valence-corrected chi connectivity index (χ3v) is 8.58. The summed E-state index contributed by atoms with van der Waals surface area (Å²) in [4.78, 5) is 28.6. The van der Waals surface area contributed by atoms with Gasteiger partial charge in [-0.05, 0) is 34.6 Å². The van der Waals surface area contributed by atoms with Crippen LogP contribution in [0.1, 0.15) is 72.8 Å². The van der Waals surface area contributed by atoms with Gasteiger partial charge < -0.3 is 14.9 Å². The Morgan fingerprint density at radius 3 is 2.52 bits per heavy atom. The fourth-order valence-corrected chi connectivity index (χ4v) is 6.69. The highest BCUT2D eigenvalue weighted by atomic mass is 32.1. The van der Waals surface area contributed by atoms with Crippen molar-refractivity contribution in [1.29, 1.82) is 0 Å². The second kappa shape index (κ2) is 11.1. The van der Waals surface area contributed by atoms with Gasteiger partial charge in [0.05, 0.1) is 18.8 Å². The Balaban J connectivity index is 1.71. The van der Waals surface area contributed by atoms with Crippen molar-refractivity contribution in [3.8, 4) is 5.75 Å². The summed E-state index contributed by atoms with van der Waals surface area (Å²) in [5.74, 6) is -0.741. The van der Waals surface area contributed by atoms with E-state index >= 15 is 0 Å². The lowest BCUT2D eigenvalue weighted by Crippen LogP contribution is -2.54. The van der Waals surface area contributed by atoms with E-state index in [9.17, 15) is 15.0 Å². The molecule has 0 spiro atoms. The number of aromatic nitrogens is 3. The third-order valence-electron chi connectivity index (χ3n) is 7.73. The first-order valence-corrected chi connectivity index (χ1v) is 14.1. The zero-order valence-corrected chi connectivity index (χ0v) is 23.9. The summed E-state index contributed by atoms with van der Waals surface area (Å²) in [6.07, 6.45) is 5.74. The van der Waals surface area contributed by atoms with E-state index < -0.39 is 23.8 Å². The summed E-state index contributed by atoms with van der Waals surface area (Å²) in [7, 11) is 1.61. The molecule has 1 fully saturated rings. The van der Waals surface area contributed by atoms with Crippen molar-refractivity contribution in [3.63, 3.8) is 0 Å². The summed E-state index contributed by atoms with van der Waals surface area (Å²) < 4.78 is 5.74. The molecule has 2 aromatic heterocycles. The van der Waals surface area contributed by atoms with Crippen molar-refractivity contribution in [2.75, 3.05) is 7.11 Å². The highest BCUT2D eigenvalue weighted by molar-refractivity contribution is 7.09. The molecule has 0 radical (unpaired) electrons. The highest BCUT2D eigenvalue weighted by Gasteiger charge is 2.60. The number of aliphatic hydroxyl groups excluding tert-OH is 1. The van der Waals surface area contributed by atoms with E-state index in [1.807, 2.05) is 53.9 Å². The van der Waals surface area contributed by atoms with Crippen LogP contribution in [0.4, 0.5) is 0 Å². The van der Waals surface area contributed by atoms with Gasteiger partial charge in [-0.2, -0.15) is 0 Å². The smallest absolute Gasteiger partial charge is 0.324 e. The number of carboxylic acid groups (broad SMARTS) is 1. The van der Waals surface area contributed by atoms with Crippen LogP contribution in [0.2, 0.25) is 0 Å². The predicted octanol–water partition coefficient (Wildman–Crippen LogP) is 5.53. The fourth-order valence-electron chi connectivity index (χ4n) is 5.89. The number of hydrogen-bond donors (Lipinski definition) is 2. The van der Waals surface area contributed by atoms with Gasteiger partial charge in [0, 0.05) is 42.5 Å². The maximum Gasteiger partial charge on any atom is 0.324 e. The van der Waals surface area contributed by atoms with Crippen LogP contribution in [0, 0.1) is 0 Å². The van der Waals surface area contributed by atoms with Crippen molar-refractivity contribution in [2.45, 2.75) is 62.8 Å². The summed E-state index contributed by atoms with van der Waals surface area (Å²) in [6.45, 7) is 6.29. The van der Waals surface area contributed by atoms with E-state index in [4.69, 9.17) is 4.74 Å². The number of carbonyl (C=O) groups is 1. The van der Waals surface area contributed by atoms with Crippen LogP contribution >= 0.6 is 11.3 Å². The number of nitrogens with zero attached hydrogens (tertiary/aromatic N) is 4. The molecule has 0 aliphatic carbocycles. The molecule has 8 nitrogen and oxygen atoms in total. The van der Waals surface area contributed by atoms with E-state index in [1.165, 1.54) is 11.3 Å². The average molecular weight is 559 g/mol. The van der Waals surface area contributed by atoms with Crippen LogP contribution in [0.3, 0.4) is 0 Å². The van der Waals surface area contributed by atoms with Crippen LogP contribution in [0.25, 0.3) is 0 Å². The molecule has 2 N–H and O–H groups in total. The number of hydrogen-bond acceptors (Lipinski definition) is 8. The third kappa shape index (κ3) is 5.12. The van der Waals surface area contributed by atoms with Gasteiger partial charge in [0.15, 0.2) is 0 Å². The molecular formula is C31H34N4O4S. The molecule has 3 heterocycles. The Labute approximate surface area is 238 Å². The first-order chi connectivity index (χ1) is 19.2. The van der Waals surface area contributed by atoms with E-state index in [-0.39, 0.29) is 24.2 Å². The van der Waals surface area contributed by atoms with Crippen molar-refractivity contribution in [1.82, 2.24) is 19.9 Å². The van der Waals surface area contributed by atoms with Gasteiger partial charge in [-0.25, -0.2) is 9.88 Å². The molecule has 1 saturated heterocycles. The maximum atomic E-state index is 13.4.